The quantitative estimate of drug-likeness (QED) is 0.729. The molecule has 1 nitrogen and oxygen atoms in total. The molecule has 0 saturated heterocycles. The summed E-state index contributed by atoms with van der Waals surface area (Å²) >= 11 is 0. The van der Waals surface area contributed by atoms with Crippen molar-refractivity contribution in [2.75, 3.05) is 19.6 Å². The second-order valence-corrected chi connectivity index (χ2v) is 5.49. The zero-order valence-corrected chi connectivity index (χ0v) is 14.3. The monoisotopic (exact) mass is 293 g/mol. The SMILES string of the molecule is CCN(CC)CC#CC(C)(c1ccccc1)C(C)C.Cl. The van der Waals surface area contributed by atoms with Gasteiger partial charge in [-0.3, -0.25) is 4.90 Å². The summed E-state index contributed by atoms with van der Waals surface area (Å²) in [7, 11) is 0. The van der Waals surface area contributed by atoms with Crippen molar-refractivity contribution in [2.24, 2.45) is 5.92 Å². The summed E-state index contributed by atoms with van der Waals surface area (Å²) in [6, 6.07) is 10.6. The number of halogens is 1. The molecule has 1 aromatic rings. The molecule has 0 aliphatic rings. The fourth-order valence-electron chi connectivity index (χ4n) is 2.12. The Morgan fingerprint density at radius 2 is 1.65 bits per heavy atom. The molecule has 0 radical (unpaired) electrons. The van der Waals surface area contributed by atoms with Crippen LogP contribution in [0.5, 0.6) is 0 Å². The highest BCUT2D eigenvalue weighted by atomic mass is 35.5. The number of hydrogen-bond donors (Lipinski definition) is 0. The van der Waals surface area contributed by atoms with Gasteiger partial charge < -0.3 is 0 Å². The van der Waals surface area contributed by atoms with Crippen molar-refractivity contribution in [3.63, 3.8) is 0 Å². The van der Waals surface area contributed by atoms with Crippen molar-refractivity contribution in [1.29, 1.82) is 0 Å². The largest absolute Gasteiger partial charge is 0.293 e. The normalized spacial score (nSPS) is 13.3. The molecule has 0 aromatic heterocycles. The van der Waals surface area contributed by atoms with E-state index in [-0.39, 0.29) is 17.8 Å². The number of benzene rings is 1. The van der Waals surface area contributed by atoms with Gasteiger partial charge in [-0.15, -0.1) is 12.4 Å². The maximum Gasteiger partial charge on any atom is 0.0601 e. The average molecular weight is 294 g/mol. The Morgan fingerprint density at radius 1 is 1.10 bits per heavy atom. The van der Waals surface area contributed by atoms with Gasteiger partial charge in [0.2, 0.25) is 0 Å². The minimum atomic E-state index is -0.0611. The average Bonchev–Trinajstić information content (AvgIpc) is 2.44. The molecule has 0 heterocycles. The van der Waals surface area contributed by atoms with E-state index in [9.17, 15) is 0 Å². The lowest BCUT2D eigenvalue weighted by Crippen LogP contribution is -2.28. The van der Waals surface area contributed by atoms with Crippen molar-refractivity contribution in [2.45, 2.75) is 40.0 Å². The molecule has 0 N–H and O–H groups in total. The molecule has 2 heteroatoms. The molecule has 20 heavy (non-hydrogen) atoms. The fraction of sp³-hybridized carbons (Fsp3) is 0.556. The molecule has 112 valence electrons. The van der Waals surface area contributed by atoms with Gasteiger partial charge in [-0.2, -0.15) is 0 Å². The lowest BCUT2D eigenvalue weighted by Gasteiger charge is -2.29. The number of rotatable bonds is 5. The second-order valence-electron chi connectivity index (χ2n) is 5.49. The molecule has 0 saturated carbocycles. The van der Waals surface area contributed by atoms with Gasteiger partial charge in [0.15, 0.2) is 0 Å². The smallest absolute Gasteiger partial charge is 0.0601 e. The molecule has 1 atom stereocenters. The van der Waals surface area contributed by atoms with Crippen molar-refractivity contribution >= 4 is 12.4 Å². The van der Waals surface area contributed by atoms with E-state index in [1.165, 1.54) is 5.56 Å². The summed E-state index contributed by atoms with van der Waals surface area (Å²) in [5.74, 6) is 7.40. The molecular weight excluding hydrogens is 266 g/mol. The first-order valence-electron chi connectivity index (χ1n) is 7.32. The molecule has 0 aliphatic heterocycles. The summed E-state index contributed by atoms with van der Waals surface area (Å²) in [6.45, 7) is 14.1. The van der Waals surface area contributed by atoms with Crippen molar-refractivity contribution in [3.05, 3.63) is 35.9 Å². The van der Waals surface area contributed by atoms with Crippen LogP contribution < -0.4 is 0 Å². The van der Waals surface area contributed by atoms with E-state index in [4.69, 9.17) is 0 Å². The molecule has 0 fully saturated rings. The number of hydrogen-bond acceptors (Lipinski definition) is 1. The summed E-state index contributed by atoms with van der Waals surface area (Å²) < 4.78 is 0. The molecule has 1 aromatic carbocycles. The summed E-state index contributed by atoms with van der Waals surface area (Å²) in [4.78, 5) is 2.35. The van der Waals surface area contributed by atoms with E-state index >= 15 is 0 Å². The zero-order chi connectivity index (χ0) is 14.3. The molecular formula is C18H28ClN. The van der Waals surface area contributed by atoms with Gasteiger partial charge >= 0.3 is 0 Å². The van der Waals surface area contributed by atoms with Crippen LogP contribution in [0.1, 0.15) is 40.2 Å². The van der Waals surface area contributed by atoms with E-state index in [2.05, 4.69) is 81.7 Å². The van der Waals surface area contributed by atoms with Crippen molar-refractivity contribution in [3.8, 4) is 11.8 Å². The van der Waals surface area contributed by atoms with Crippen LogP contribution in [0.3, 0.4) is 0 Å². The Bertz CT molecular complexity index is 426. The predicted octanol–water partition coefficient (Wildman–Crippen LogP) is 4.37. The third-order valence-electron chi connectivity index (χ3n) is 4.07. The summed E-state index contributed by atoms with van der Waals surface area (Å²) in [5.41, 5.74) is 1.26. The maximum absolute atomic E-state index is 3.52. The van der Waals surface area contributed by atoms with Crippen LogP contribution in [0.25, 0.3) is 0 Å². The van der Waals surface area contributed by atoms with Crippen LogP contribution >= 0.6 is 12.4 Å². The van der Waals surface area contributed by atoms with Crippen LogP contribution in [0, 0.1) is 17.8 Å². The Kier molecular flexibility index (Phi) is 8.62. The molecule has 0 aliphatic carbocycles. The highest BCUT2D eigenvalue weighted by Gasteiger charge is 2.27. The van der Waals surface area contributed by atoms with Gasteiger partial charge in [-0.25, -0.2) is 0 Å². The minimum Gasteiger partial charge on any atom is -0.293 e. The first-order chi connectivity index (χ1) is 9.04. The maximum atomic E-state index is 3.52. The molecule has 0 bridgehead atoms. The first-order valence-corrected chi connectivity index (χ1v) is 7.32. The first kappa shape index (κ1) is 19.0. The van der Waals surface area contributed by atoms with Gasteiger partial charge in [-0.1, -0.05) is 69.9 Å². The number of nitrogens with zero attached hydrogens (tertiary/aromatic N) is 1. The highest BCUT2D eigenvalue weighted by Crippen LogP contribution is 2.31. The third-order valence-corrected chi connectivity index (χ3v) is 4.07. The molecule has 0 spiro atoms. The zero-order valence-electron chi connectivity index (χ0n) is 13.4. The van der Waals surface area contributed by atoms with Crippen LogP contribution in [0.15, 0.2) is 30.3 Å². The fourth-order valence-corrected chi connectivity index (χ4v) is 2.12. The second kappa shape index (κ2) is 9.06. The Balaban J connectivity index is 0.00000361. The third kappa shape index (κ3) is 4.85. The van der Waals surface area contributed by atoms with Crippen LogP contribution in [0.2, 0.25) is 0 Å². The molecule has 1 rings (SSSR count). The lowest BCUT2D eigenvalue weighted by atomic mass is 9.74. The topological polar surface area (TPSA) is 3.24 Å². The molecule has 1 unspecified atom stereocenters. The van der Waals surface area contributed by atoms with E-state index in [1.54, 1.807) is 0 Å². The van der Waals surface area contributed by atoms with Crippen LogP contribution in [0.4, 0.5) is 0 Å². The Morgan fingerprint density at radius 3 is 2.10 bits per heavy atom. The van der Waals surface area contributed by atoms with Crippen molar-refractivity contribution < 1.29 is 0 Å². The van der Waals surface area contributed by atoms with E-state index in [0.717, 1.165) is 19.6 Å². The van der Waals surface area contributed by atoms with Crippen LogP contribution in [-0.2, 0) is 5.41 Å². The Labute approximate surface area is 131 Å². The van der Waals surface area contributed by atoms with Gasteiger partial charge in [0.25, 0.3) is 0 Å². The summed E-state index contributed by atoms with van der Waals surface area (Å²) in [6.07, 6.45) is 0. The Hall–Kier alpha value is -0.970. The minimum absolute atomic E-state index is 0. The summed E-state index contributed by atoms with van der Waals surface area (Å²) in [5, 5.41) is 0. The van der Waals surface area contributed by atoms with E-state index < -0.39 is 0 Å². The van der Waals surface area contributed by atoms with E-state index in [1.807, 2.05) is 0 Å². The van der Waals surface area contributed by atoms with Crippen LogP contribution in [-0.4, -0.2) is 24.5 Å². The standard InChI is InChI=1S/C18H27N.ClH/c1-6-19(7-2)15-11-14-18(5,16(3)4)17-12-9-8-10-13-17;/h8-10,12-13,16H,6-7,15H2,1-5H3;1H. The molecule has 0 amide bonds. The van der Waals surface area contributed by atoms with E-state index in [0.29, 0.717) is 5.92 Å². The van der Waals surface area contributed by atoms with Gasteiger partial charge in [-0.05, 0) is 31.5 Å². The van der Waals surface area contributed by atoms with Gasteiger partial charge in [0.05, 0.1) is 12.0 Å². The lowest BCUT2D eigenvalue weighted by molar-refractivity contribution is 0.341. The predicted molar refractivity (Wildman–Crippen MR) is 91.4 cm³/mol. The highest BCUT2D eigenvalue weighted by molar-refractivity contribution is 5.85. The van der Waals surface area contributed by atoms with Gasteiger partial charge in [0, 0.05) is 0 Å². The van der Waals surface area contributed by atoms with Gasteiger partial charge in [0.1, 0.15) is 0 Å². The van der Waals surface area contributed by atoms with Crippen molar-refractivity contribution in [1.82, 2.24) is 4.90 Å².